The van der Waals surface area contributed by atoms with Crippen LogP contribution in [0.25, 0.3) is 0 Å². The summed E-state index contributed by atoms with van der Waals surface area (Å²) in [6.07, 6.45) is 4.37. The standard InChI is InChI=1S/C17H27NO2/c1-13(18-12-17(2,19)9-10-20-3)15-8-7-14-5-4-6-16(14)11-15/h7-8,11,13,18-19H,4-6,9-10,12H2,1-3H3. The zero-order valence-corrected chi connectivity index (χ0v) is 12.9. The van der Waals surface area contributed by atoms with E-state index in [1.807, 2.05) is 6.92 Å². The van der Waals surface area contributed by atoms with Crippen molar-refractivity contribution in [2.45, 2.75) is 51.2 Å². The Hall–Kier alpha value is -0.900. The molecule has 0 fully saturated rings. The van der Waals surface area contributed by atoms with E-state index in [1.54, 1.807) is 7.11 Å². The molecule has 0 saturated heterocycles. The molecule has 0 spiro atoms. The van der Waals surface area contributed by atoms with Crippen LogP contribution in [0.3, 0.4) is 0 Å². The number of aryl methyl sites for hydroxylation is 2. The molecular weight excluding hydrogens is 250 g/mol. The maximum atomic E-state index is 10.3. The van der Waals surface area contributed by atoms with Crippen molar-refractivity contribution in [2.24, 2.45) is 0 Å². The van der Waals surface area contributed by atoms with Gasteiger partial charge in [-0.1, -0.05) is 18.2 Å². The smallest absolute Gasteiger partial charge is 0.0765 e. The molecule has 0 radical (unpaired) electrons. The first-order valence-corrected chi connectivity index (χ1v) is 7.58. The maximum Gasteiger partial charge on any atom is 0.0765 e. The molecule has 1 aromatic rings. The highest BCUT2D eigenvalue weighted by molar-refractivity contribution is 5.36. The Morgan fingerprint density at radius 2 is 2.10 bits per heavy atom. The van der Waals surface area contributed by atoms with Crippen LogP contribution >= 0.6 is 0 Å². The summed E-state index contributed by atoms with van der Waals surface area (Å²) < 4.78 is 5.03. The van der Waals surface area contributed by atoms with Gasteiger partial charge in [-0.25, -0.2) is 0 Å². The maximum absolute atomic E-state index is 10.3. The van der Waals surface area contributed by atoms with Crippen LogP contribution < -0.4 is 5.32 Å². The normalized spacial score (nSPS) is 18.6. The van der Waals surface area contributed by atoms with Gasteiger partial charge in [0.2, 0.25) is 0 Å². The van der Waals surface area contributed by atoms with Crippen molar-refractivity contribution in [3.8, 4) is 0 Å². The molecule has 0 bridgehead atoms. The first-order chi connectivity index (χ1) is 9.52. The summed E-state index contributed by atoms with van der Waals surface area (Å²) in [5.41, 5.74) is 3.60. The topological polar surface area (TPSA) is 41.5 Å². The van der Waals surface area contributed by atoms with Crippen LogP contribution in [-0.4, -0.2) is 31.0 Å². The third-order valence-corrected chi connectivity index (χ3v) is 4.26. The number of rotatable bonds is 7. The van der Waals surface area contributed by atoms with Crippen LogP contribution in [0, 0.1) is 0 Å². The monoisotopic (exact) mass is 277 g/mol. The van der Waals surface area contributed by atoms with Crippen molar-refractivity contribution in [1.29, 1.82) is 0 Å². The van der Waals surface area contributed by atoms with Gasteiger partial charge in [0.1, 0.15) is 0 Å². The van der Waals surface area contributed by atoms with Crippen molar-refractivity contribution in [3.63, 3.8) is 0 Å². The third-order valence-electron chi connectivity index (χ3n) is 4.26. The molecular formula is C17H27NO2. The summed E-state index contributed by atoms with van der Waals surface area (Å²) in [4.78, 5) is 0. The average Bonchev–Trinajstić information content (AvgIpc) is 2.90. The fraction of sp³-hybridized carbons (Fsp3) is 0.647. The molecule has 0 aliphatic heterocycles. The molecule has 1 aliphatic carbocycles. The van der Waals surface area contributed by atoms with Gasteiger partial charge in [0.25, 0.3) is 0 Å². The van der Waals surface area contributed by atoms with E-state index in [2.05, 4.69) is 30.4 Å². The molecule has 0 saturated carbocycles. The van der Waals surface area contributed by atoms with Gasteiger partial charge in [-0.15, -0.1) is 0 Å². The summed E-state index contributed by atoms with van der Waals surface area (Å²) in [7, 11) is 1.66. The van der Waals surface area contributed by atoms with E-state index < -0.39 is 5.60 Å². The zero-order valence-electron chi connectivity index (χ0n) is 12.9. The summed E-state index contributed by atoms with van der Waals surface area (Å²) >= 11 is 0. The number of hydrogen-bond donors (Lipinski definition) is 2. The van der Waals surface area contributed by atoms with E-state index in [0.29, 0.717) is 19.6 Å². The second-order valence-electron chi connectivity index (χ2n) is 6.22. The van der Waals surface area contributed by atoms with Gasteiger partial charge in [0.05, 0.1) is 5.60 Å². The molecule has 1 aliphatic rings. The quantitative estimate of drug-likeness (QED) is 0.805. The van der Waals surface area contributed by atoms with E-state index in [-0.39, 0.29) is 6.04 Å². The van der Waals surface area contributed by atoms with Gasteiger partial charge in [-0.05, 0) is 49.8 Å². The van der Waals surface area contributed by atoms with Gasteiger partial charge in [-0.2, -0.15) is 0 Å². The van der Waals surface area contributed by atoms with Crippen LogP contribution in [0.2, 0.25) is 0 Å². The summed E-state index contributed by atoms with van der Waals surface area (Å²) in [6.45, 7) is 5.17. The number of benzene rings is 1. The van der Waals surface area contributed by atoms with Crippen molar-refractivity contribution in [2.75, 3.05) is 20.3 Å². The zero-order chi connectivity index (χ0) is 14.6. The van der Waals surface area contributed by atoms with Crippen molar-refractivity contribution >= 4 is 0 Å². The molecule has 3 nitrogen and oxygen atoms in total. The molecule has 0 aromatic heterocycles. The highest BCUT2D eigenvalue weighted by atomic mass is 16.5. The second kappa shape index (κ2) is 6.70. The van der Waals surface area contributed by atoms with Crippen LogP contribution in [0.4, 0.5) is 0 Å². The van der Waals surface area contributed by atoms with Crippen LogP contribution in [0.5, 0.6) is 0 Å². The molecule has 20 heavy (non-hydrogen) atoms. The molecule has 0 amide bonds. The minimum Gasteiger partial charge on any atom is -0.389 e. The molecule has 3 heteroatoms. The lowest BCUT2D eigenvalue weighted by molar-refractivity contribution is 0.0231. The van der Waals surface area contributed by atoms with Crippen LogP contribution in [-0.2, 0) is 17.6 Å². The predicted octanol–water partition coefficient (Wildman–Crippen LogP) is 2.61. The van der Waals surface area contributed by atoms with Crippen LogP contribution in [0.15, 0.2) is 18.2 Å². The lowest BCUT2D eigenvalue weighted by atomic mass is 9.99. The highest BCUT2D eigenvalue weighted by Crippen LogP contribution is 2.25. The SMILES string of the molecule is COCCC(C)(O)CNC(C)c1ccc2c(c1)CCC2. The second-order valence-corrected chi connectivity index (χ2v) is 6.22. The fourth-order valence-corrected chi connectivity index (χ4v) is 2.76. The van der Waals surface area contributed by atoms with Gasteiger partial charge in [-0.3, -0.25) is 0 Å². The van der Waals surface area contributed by atoms with Crippen molar-refractivity contribution in [3.05, 3.63) is 34.9 Å². The summed E-state index contributed by atoms with van der Waals surface area (Å²) in [6, 6.07) is 7.06. The lowest BCUT2D eigenvalue weighted by Crippen LogP contribution is -2.39. The van der Waals surface area contributed by atoms with E-state index in [4.69, 9.17) is 4.74 Å². The van der Waals surface area contributed by atoms with Crippen molar-refractivity contribution in [1.82, 2.24) is 5.32 Å². The first kappa shape index (κ1) is 15.5. The van der Waals surface area contributed by atoms with Crippen molar-refractivity contribution < 1.29 is 9.84 Å². The summed E-state index contributed by atoms with van der Waals surface area (Å²) in [5.74, 6) is 0. The van der Waals surface area contributed by atoms with Gasteiger partial charge >= 0.3 is 0 Å². The fourth-order valence-electron chi connectivity index (χ4n) is 2.76. The third kappa shape index (κ3) is 4.05. The lowest BCUT2D eigenvalue weighted by Gasteiger charge is -2.26. The van der Waals surface area contributed by atoms with E-state index >= 15 is 0 Å². The van der Waals surface area contributed by atoms with E-state index in [1.165, 1.54) is 36.0 Å². The molecule has 112 valence electrons. The Balaban J connectivity index is 1.90. The Kier molecular flexibility index (Phi) is 5.19. The first-order valence-electron chi connectivity index (χ1n) is 7.58. The number of fused-ring (bicyclic) bond motifs is 1. The van der Waals surface area contributed by atoms with Crippen LogP contribution in [0.1, 0.15) is 49.4 Å². The number of ether oxygens (including phenoxy) is 1. The van der Waals surface area contributed by atoms with Gasteiger partial charge in [0.15, 0.2) is 0 Å². The van der Waals surface area contributed by atoms with Gasteiger partial charge < -0.3 is 15.2 Å². The highest BCUT2D eigenvalue weighted by Gasteiger charge is 2.21. The molecule has 1 aromatic carbocycles. The Morgan fingerprint density at radius 3 is 2.85 bits per heavy atom. The minimum absolute atomic E-state index is 0.259. The van der Waals surface area contributed by atoms with E-state index in [9.17, 15) is 5.11 Å². The molecule has 2 unspecified atom stereocenters. The largest absolute Gasteiger partial charge is 0.389 e. The Morgan fingerprint density at radius 1 is 1.35 bits per heavy atom. The number of aliphatic hydroxyl groups is 1. The molecule has 2 N–H and O–H groups in total. The summed E-state index contributed by atoms with van der Waals surface area (Å²) in [5, 5.41) is 13.7. The Labute approximate surface area is 122 Å². The van der Waals surface area contributed by atoms with E-state index in [0.717, 1.165) is 0 Å². The number of methoxy groups -OCH3 is 1. The predicted molar refractivity (Wildman–Crippen MR) is 82.0 cm³/mol. The number of hydrogen-bond acceptors (Lipinski definition) is 3. The number of nitrogens with one attached hydrogen (secondary N) is 1. The van der Waals surface area contributed by atoms with Gasteiger partial charge in [0, 0.05) is 32.7 Å². The average molecular weight is 277 g/mol. The molecule has 2 rings (SSSR count). The molecule has 0 heterocycles. The minimum atomic E-state index is -0.721. The Bertz CT molecular complexity index is 443. The molecule has 2 atom stereocenters.